The van der Waals surface area contributed by atoms with Gasteiger partial charge in [0, 0.05) is 18.7 Å². The number of nitrogens with zero attached hydrogens (tertiary/aromatic N) is 2. The van der Waals surface area contributed by atoms with E-state index in [1.165, 1.54) is 11.3 Å². The number of thiophene rings is 1. The Bertz CT molecular complexity index is 560. The summed E-state index contributed by atoms with van der Waals surface area (Å²) in [4.78, 5) is 3.13. The predicted molar refractivity (Wildman–Crippen MR) is 82.1 cm³/mol. The van der Waals surface area contributed by atoms with E-state index in [1.807, 2.05) is 26.0 Å². The second-order valence-corrected chi connectivity index (χ2v) is 7.11. The number of aromatic nitrogens is 1. The average molecular weight is 315 g/mol. The lowest BCUT2D eigenvalue weighted by Gasteiger charge is -2.27. The third kappa shape index (κ3) is 4.06. The lowest BCUT2D eigenvalue weighted by molar-refractivity contribution is 0.0353. The highest BCUT2D eigenvalue weighted by Gasteiger charge is 2.20. The van der Waals surface area contributed by atoms with Crippen molar-refractivity contribution < 1.29 is 9.63 Å². The van der Waals surface area contributed by atoms with Crippen molar-refractivity contribution >= 4 is 22.9 Å². The van der Waals surface area contributed by atoms with E-state index in [-0.39, 0.29) is 0 Å². The Morgan fingerprint density at radius 2 is 2.20 bits per heavy atom. The monoisotopic (exact) mass is 314 g/mol. The highest BCUT2D eigenvalue weighted by Crippen LogP contribution is 2.33. The highest BCUT2D eigenvalue weighted by atomic mass is 35.5. The van der Waals surface area contributed by atoms with Crippen LogP contribution in [0.15, 0.2) is 22.9 Å². The summed E-state index contributed by atoms with van der Waals surface area (Å²) in [6, 6.07) is 3.78. The molecule has 0 atom stereocenters. The minimum absolute atomic E-state index is 0.597. The third-order valence-electron chi connectivity index (χ3n) is 2.89. The molecule has 0 aromatic carbocycles. The maximum absolute atomic E-state index is 9.94. The first-order chi connectivity index (χ1) is 9.39. The molecule has 0 spiro atoms. The van der Waals surface area contributed by atoms with Crippen LogP contribution in [-0.4, -0.2) is 33.9 Å². The first kappa shape index (κ1) is 15.5. The summed E-state index contributed by atoms with van der Waals surface area (Å²) in [5.74, 6) is 0.760. The van der Waals surface area contributed by atoms with Crippen molar-refractivity contribution in [1.29, 1.82) is 0 Å². The quantitative estimate of drug-likeness (QED) is 0.884. The minimum Gasteiger partial charge on any atom is -0.389 e. The van der Waals surface area contributed by atoms with Gasteiger partial charge >= 0.3 is 0 Å². The third-order valence-corrected chi connectivity index (χ3v) is 4.12. The molecule has 0 aliphatic carbocycles. The first-order valence-corrected chi connectivity index (χ1v) is 7.72. The molecule has 0 fully saturated rings. The van der Waals surface area contributed by atoms with Crippen LogP contribution in [0.4, 0.5) is 0 Å². The largest absolute Gasteiger partial charge is 0.389 e. The van der Waals surface area contributed by atoms with Crippen LogP contribution in [0.25, 0.3) is 10.6 Å². The Morgan fingerprint density at radius 1 is 1.45 bits per heavy atom. The summed E-state index contributed by atoms with van der Waals surface area (Å²) < 4.78 is 6.08. The highest BCUT2D eigenvalue weighted by molar-refractivity contribution is 7.19. The van der Waals surface area contributed by atoms with E-state index in [0.29, 0.717) is 13.1 Å². The van der Waals surface area contributed by atoms with Crippen molar-refractivity contribution in [2.45, 2.75) is 32.9 Å². The standard InChI is InChI=1S/C14H19ClN2O2S/c1-4-17(9-14(2,3)18)8-10-7-16-19-13(10)11-5-6-12(15)20-11/h5-7,18H,4,8-9H2,1-3H3. The van der Waals surface area contributed by atoms with Crippen LogP contribution < -0.4 is 0 Å². The van der Waals surface area contributed by atoms with Gasteiger partial charge in [0.05, 0.1) is 21.0 Å². The van der Waals surface area contributed by atoms with Gasteiger partial charge < -0.3 is 9.63 Å². The van der Waals surface area contributed by atoms with E-state index in [4.69, 9.17) is 16.1 Å². The number of likely N-dealkylation sites (N-methyl/N-ethyl adjacent to an activating group) is 1. The smallest absolute Gasteiger partial charge is 0.181 e. The van der Waals surface area contributed by atoms with Gasteiger partial charge in [-0.25, -0.2) is 0 Å². The van der Waals surface area contributed by atoms with Gasteiger partial charge in [-0.05, 0) is 32.5 Å². The van der Waals surface area contributed by atoms with Crippen molar-refractivity contribution in [1.82, 2.24) is 10.1 Å². The summed E-state index contributed by atoms with van der Waals surface area (Å²) >= 11 is 7.43. The molecule has 2 aromatic rings. The summed E-state index contributed by atoms with van der Waals surface area (Å²) in [5, 5.41) is 13.8. The second kappa shape index (κ2) is 6.26. The van der Waals surface area contributed by atoms with Crippen LogP contribution in [0.5, 0.6) is 0 Å². The van der Waals surface area contributed by atoms with Gasteiger partial charge in [0.25, 0.3) is 0 Å². The molecule has 0 radical (unpaired) electrons. The predicted octanol–water partition coefficient (Wildman–Crippen LogP) is 3.65. The minimum atomic E-state index is -0.723. The van der Waals surface area contributed by atoms with E-state index >= 15 is 0 Å². The molecule has 2 aromatic heterocycles. The maximum atomic E-state index is 9.94. The van der Waals surface area contributed by atoms with E-state index in [1.54, 1.807) is 6.20 Å². The lowest BCUT2D eigenvalue weighted by Crippen LogP contribution is -2.38. The number of aliphatic hydroxyl groups is 1. The Kier molecular flexibility index (Phi) is 4.86. The Morgan fingerprint density at radius 3 is 2.75 bits per heavy atom. The van der Waals surface area contributed by atoms with Gasteiger partial charge in [0.2, 0.25) is 0 Å². The van der Waals surface area contributed by atoms with E-state index in [0.717, 1.165) is 27.1 Å². The van der Waals surface area contributed by atoms with E-state index in [9.17, 15) is 5.11 Å². The van der Waals surface area contributed by atoms with Gasteiger partial charge in [-0.15, -0.1) is 11.3 Å². The molecule has 20 heavy (non-hydrogen) atoms. The molecule has 0 unspecified atom stereocenters. The fourth-order valence-electron chi connectivity index (χ4n) is 2.08. The maximum Gasteiger partial charge on any atom is 0.181 e. The van der Waals surface area contributed by atoms with Crippen molar-refractivity contribution in [3.8, 4) is 10.6 Å². The fraction of sp³-hybridized carbons (Fsp3) is 0.500. The van der Waals surface area contributed by atoms with Crippen LogP contribution in [0.1, 0.15) is 26.3 Å². The van der Waals surface area contributed by atoms with Crippen LogP contribution in [0.3, 0.4) is 0 Å². The van der Waals surface area contributed by atoms with Gasteiger partial charge in [-0.1, -0.05) is 23.7 Å². The summed E-state index contributed by atoms with van der Waals surface area (Å²) in [5.41, 5.74) is 0.286. The van der Waals surface area contributed by atoms with Crippen molar-refractivity contribution in [2.24, 2.45) is 0 Å². The lowest BCUT2D eigenvalue weighted by atomic mass is 10.1. The Hall–Kier alpha value is -0.880. The molecule has 1 N–H and O–H groups in total. The van der Waals surface area contributed by atoms with Gasteiger partial charge in [-0.3, -0.25) is 4.90 Å². The molecule has 0 aliphatic heterocycles. The molecule has 0 bridgehead atoms. The zero-order valence-electron chi connectivity index (χ0n) is 11.9. The van der Waals surface area contributed by atoms with Gasteiger partial charge in [0.1, 0.15) is 0 Å². The van der Waals surface area contributed by atoms with Crippen LogP contribution in [0.2, 0.25) is 4.34 Å². The molecular weight excluding hydrogens is 296 g/mol. The summed E-state index contributed by atoms with van der Waals surface area (Å²) in [6.45, 7) is 7.82. The zero-order valence-corrected chi connectivity index (χ0v) is 13.5. The van der Waals surface area contributed by atoms with Crippen molar-refractivity contribution in [3.05, 3.63) is 28.2 Å². The fourth-order valence-corrected chi connectivity index (χ4v) is 3.14. The van der Waals surface area contributed by atoms with Crippen molar-refractivity contribution in [2.75, 3.05) is 13.1 Å². The van der Waals surface area contributed by atoms with Crippen LogP contribution in [-0.2, 0) is 6.54 Å². The molecule has 0 amide bonds. The molecule has 0 saturated carbocycles. The molecule has 4 nitrogen and oxygen atoms in total. The molecule has 6 heteroatoms. The zero-order chi connectivity index (χ0) is 14.8. The Balaban J connectivity index is 2.16. The molecule has 2 heterocycles. The first-order valence-electron chi connectivity index (χ1n) is 6.53. The number of hydrogen-bond donors (Lipinski definition) is 1. The molecule has 0 aliphatic rings. The topological polar surface area (TPSA) is 49.5 Å². The number of hydrogen-bond acceptors (Lipinski definition) is 5. The number of halogens is 1. The average Bonchev–Trinajstić information content (AvgIpc) is 2.95. The second-order valence-electron chi connectivity index (χ2n) is 5.40. The molecule has 0 saturated heterocycles. The Labute approximate surface area is 128 Å². The summed E-state index contributed by atoms with van der Waals surface area (Å²) in [6.07, 6.45) is 1.73. The van der Waals surface area contributed by atoms with Crippen molar-refractivity contribution in [3.63, 3.8) is 0 Å². The number of rotatable bonds is 6. The summed E-state index contributed by atoms with van der Waals surface area (Å²) in [7, 11) is 0. The van der Waals surface area contributed by atoms with Crippen LogP contribution in [0, 0.1) is 0 Å². The van der Waals surface area contributed by atoms with Gasteiger partial charge in [0.15, 0.2) is 5.76 Å². The molecule has 110 valence electrons. The SMILES string of the molecule is CCN(Cc1cnoc1-c1ccc(Cl)s1)CC(C)(C)O. The normalized spacial score (nSPS) is 12.3. The molecular formula is C14H19ClN2O2S. The molecule has 2 rings (SSSR count). The van der Waals surface area contributed by atoms with E-state index in [2.05, 4.69) is 17.0 Å². The van der Waals surface area contributed by atoms with Gasteiger partial charge in [-0.2, -0.15) is 0 Å². The van der Waals surface area contributed by atoms with E-state index < -0.39 is 5.60 Å². The van der Waals surface area contributed by atoms with Crippen LogP contribution >= 0.6 is 22.9 Å².